The molecule has 6 aromatic rings. The summed E-state index contributed by atoms with van der Waals surface area (Å²) in [6.07, 6.45) is 7.34. The molecule has 1 amide bonds. The van der Waals surface area contributed by atoms with Crippen LogP contribution in [0.25, 0.3) is 33.3 Å². The van der Waals surface area contributed by atoms with Crippen LogP contribution in [0, 0.1) is 13.8 Å². The van der Waals surface area contributed by atoms with Crippen molar-refractivity contribution in [1.29, 1.82) is 0 Å². The number of aromatic nitrogens is 6. The van der Waals surface area contributed by atoms with Crippen LogP contribution in [-0.4, -0.2) is 49.7 Å². The maximum absolute atomic E-state index is 14.2. The molecule has 0 fully saturated rings. The second kappa shape index (κ2) is 10.1. The van der Waals surface area contributed by atoms with Gasteiger partial charge in [-0.05, 0) is 60.4 Å². The molecule has 2 N–H and O–H groups in total. The van der Waals surface area contributed by atoms with Gasteiger partial charge < -0.3 is 20.1 Å². The summed E-state index contributed by atoms with van der Waals surface area (Å²) in [7, 11) is 5.84. The predicted molar refractivity (Wildman–Crippen MR) is 170 cm³/mol. The summed E-state index contributed by atoms with van der Waals surface area (Å²) in [5, 5.41) is 8.67. The van der Waals surface area contributed by atoms with E-state index in [1.54, 1.807) is 17.1 Å². The fraction of sp³-hybridized carbons (Fsp3) is 0.182. The molecule has 0 saturated carbocycles. The van der Waals surface area contributed by atoms with Gasteiger partial charge in [-0.3, -0.25) is 14.5 Å². The number of rotatable bonds is 6. The average Bonchev–Trinajstić information content (AvgIpc) is 3.68. The Hall–Kier alpha value is -5.51. The number of anilines is 4. The molecule has 1 aliphatic rings. The summed E-state index contributed by atoms with van der Waals surface area (Å²) in [6.45, 7) is 4.45. The molecule has 1 aliphatic heterocycles. The summed E-state index contributed by atoms with van der Waals surface area (Å²) >= 11 is 0. The summed E-state index contributed by atoms with van der Waals surface area (Å²) in [4.78, 5) is 35.0. The Morgan fingerprint density at radius 2 is 1.84 bits per heavy atom. The van der Waals surface area contributed by atoms with E-state index in [1.807, 2.05) is 93.6 Å². The number of nitrogens with zero attached hydrogens (tertiary/aromatic N) is 7. The Morgan fingerprint density at radius 1 is 1.02 bits per heavy atom. The first-order chi connectivity index (χ1) is 20.8. The Balaban J connectivity index is 1.29. The minimum atomic E-state index is -0.0198. The molecule has 0 atom stereocenters. The molecule has 0 unspecified atom stereocenters. The summed E-state index contributed by atoms with van der Waals surface area (Å²) in [5.41, 5.74) is 10.1. The van der Waals surface area contributed by atoms with Crippen LogP contribution < -0.4 is 15.1 Å². The smallest absolute Gasteiger partial charge is 0.261 e. The Labute approximate surface area is 249 Å². The van der Waals surface area contributed by atoms with Crippen molar-refractivity contribution >= 4 is 40.0 Å². The minimum Gasteiger partial charge on any atom is -0.377 e. The molecular weight excluding hydrogens is 538 g/mol. The maximum atomic E-state index is 14.2. The van der Waals surface area contributed by atoms with Gasteiger partial charge in [0.1, 0.15) is 0 Å². The number of hydrogen-bond donors (Lipinski definition) is 2. The zero-order chi connectivity index (χ0) is 29.8. The molecule has 0 saturated heterocycles. The second-order valence-corrected chi connectivity index (χ2v) is 11.1. The van der Waals surface area contributed by atoms with E-state index in [9.17, 15) is 4.79 Å². The van der Waals surface area contributed by atoms with Gasteiger partial charge in [0.05, 0.1) is 29.0 Å². The van der Waals surface area contributed by atoms with E-state index in [4.69, 9.17) is 4.98 Å². The lowest BCUT2D eigenvalue weighted by Gasteiger charge is -2.18. The van der Waals surface area contributed by atoms with Crippen molar-refractivity contribution in [3.8, 4) is 22.4 Å². The maximum Gasteiger partial charge on any atom is 0.261 e. The van der Waals surface area contributed by atoms with Gasteiger partial charge in [-0.2, -0.15) is 5.10 Å². The van der Waals surface area contributed by atoms with Crippen LogP contribution in [0.1, 0.15) is 27.2 Å². The lowest BCUT2D eigenvalue weighted by Crippen LogP contribution is -2.24. The number of para-hydroxylation sites is 1. The Bertz CT molecular complexity index is 2000. The van der Waals surface area contributed by atoms with Crippen molar-refractivity contribution in [3.05, 3.63) is 95.7 Å². The first kappa shape index (κ1) is 26.4. The number of carbonyl (C=O) groups is 1. The number of carbonyl (C=O) groups excluding carboxylic acids is 1. The van der Waals surface area contributed by atoms with E-state index >= 15 is 0 Å². The third kappa shape index (κ3) is 4.39. The van der Waals surface area contributed by atoms with E-state index in [1.165, 1.54) is 0 Å². The summed E-state index contributed by atoms with van der Waals surface area (Å²) in [5.74, 6) is 1.13. The van der Waals surface area contributed by atoms with Crippen molar-refractivity contribution in [2.24, 2.45) is 7.05 Å². The number of hydrogen-bond acceptors (Lipinski definition) is 7. The van der Waals surface area contributed by atoms with Crippen molar-refractivity contribution in [3.63, 3.8) is 0 Å². The van der Waals surface area contributed by atoms with Crippen LogP contribution >= 0.6 is 0 Å². The summed E-state index contributed by atoms with van der Waals surface area (Å²) < 4.78 is 1.80. The van der Waals surface area contributed by atoms with E-state index in [0.717, 1.165) is 67.0 Å². The third-order valence-corrected chi connectivity index (χ3v) is 8.10. The van der Waals surface area contributed by atoms with E-state index < -0.39 is 0 Å². The quantitative estimate of drug-likeness (QED) is 0.253. The molecule has 2 aromatic carbocycles. The van der Waals surface area contributed by atoms with Gasteiger partial charge in [0.15, 0.2) is 5.82 Å². The monoisotopic (exact) mass is 569 g/mol. The summed E-state index contributed by atoms with van der Waals surface area (Å²) in [6, 6.07) is 16.1. The number of amides is 1. The van der Waals surface area contributed by atoms with Crippen LogP contribution in [-0.2, 0) is 13.6 Å². The molecule has 214 valence electrons. The predicted octanol–water partition coefficient (Wildman–Crippen LogP) is 6.01. The van der Waals surface area contributed by atoms with E-state index in [0.29, 0.717) is 18.3 Å². The molecule has 0 bridgehead atoms. The fourth-order valence-corrected chi connectivity index (χ4v) is 5.84. The van der Waals surface area contributed by atoms with Gasteiger partial charge in [-0.15, -0.1) is 0 Å². The number of fused-ring (bicyclic) bond motifs is 2. The lowest BCUT2D eigenvalue weighted by atomic mass is 9.96. The number of nitrogens with one attached hydrogen (secondary N) is 2. The van der Waals surface area contributed by atoms with Crippen LogP contribution in [0.4, 0.5) is 23.1 Å². The minimum absolute atomic E-state index is 0.0198. The number of pyridine rings is 1. The third-order valence-electron chi connectivity index (χ3n) is 8.10. The van der Waals surface area contributed by atoms with Gasteiger partial charge in [-0.1, -0.05) is 18.2 Å². The van der Waals surface area contributed by atoms with Crippen molar-refractivity contribution in [2.45, 2.75) is 20.4 Å². The first-order valence-electron chi connectivity index (χ1n) is 14.1. The molecule has 10 heteroatoms. The fourth-order valence-electron chi connectivity index (χ4n) is 5.84. The van der Waals surface area contributed by atoms with Gasteiger partial charge in [0, 0.05) is 74.3 Å². The molecular formula is C33H31N9O. The zero-order valence-corrected chi connectivity index (χ0v) is 24.7. The highest BCUT2D eigenvalue weighted by molar-refractivity contribution is 6.18. The Morgan fingerprint density at radius 3 is 2.58 bits per heavy atom. The van der Waals surface area contributed by atoms with Gasteiger partial charge >= 0.3 is 0 Å². The van der Waals surface area contributed by atoms with Crippen molar-refractivity contribution in [1.82, 2.24) is 29.7 Å². The van der Waals surface area contributed by atoms with E-state index in [2.05, 4.69) is 37.5 Å². The molecule has 43 heavy (non-hydrogen) atoms. The van der Waals surface area contributed by atoms with Crippen LogP contribution in [0.5, 0.6) is 0 Å². The number of aromatic amines is 1. The Kier molecular flexibility index (Phi) is 6.19. The zero-order valence-electron chi connectivity index (χ0n) is 24.7. The first-order valence-corrected chi connectivity index (χ1v) is 14.1. The number of aryl methyl sites for hydroxylation is 3. The largest absolute Gasteiger partial charge is 0.377 e. The van der Waals surface area contributed by atoms with Crippen LogP contribution in [0.2, 0.25) is 0 Å². The van der Waals surface area contributed by atoms with Crippen molar-refractivity contribution < 1.29 is 4.79 Å². The standard InChI is InChI=1S/C33H31N9O/c1-19-16-36-33(37-28-15-20(2)41(5)39-28)38-30(19)24-17-35-31-23(24)7-6-8-27(31)42-18-25-22(21-11-13-34-14-12-21)9-10-26(40(3)4)29(25)32(42)43/h6-17,35H,18H2,1-5H3,(H,36,37,38,39). The number of H-pyrrole nitrogens is 1. The molecule has 4 aromatic heterocycles. The SMILES string of the molecule is Cc1cnc(Nc2cc(C)n(C)n2)nc1-c1c[nH]c2c(N3Cc4c(-c5ccncc5)ccc(N(C)C)c4C3=O)cccc12. The van der Waals surface area contributed by atoms with Gasteiger partial charge in [0.25, 0.3) is 5.91 Å². The highest BCUT2D eigenvalue weighted by Crippen LogP contribution is 2.42. The highest BCUT2D eigenvalue weighted by atomic mass is 16.2. The normalized spacial score (nSPS) is 12.7. The molecule has 5 heterocycles. The molecule has 0 spiro atoms. The van der Waals surface area contributed by atoms with Crippen molar-refractivity contribution in [2.75, 3.05) is 29.2 Å². The average molecular weight is 570 g/mol. The second-order valence-electron chi connectivity index (χ2n) is 11.1. The topological polar surface area (TPSA) is 108 Å². The van der Waals surface area contributed by atoms with Gasteiger partial charge in [0.2, 0.25) is 5.95 Å². The highest BCUT2D eigenvalue weighted by Gasteiger charge is 2.35. The molecule has 0 radical (unpaired) electrons. The van der Waals surface area contributed by atoms with E-state index in [-0.39, 0.29) is 5.91 Å². The molecule has 10 nitrogen and oxygen atoms in total. The number of benzene rings is 2. The van der Waals surface area contributed by atoms with Gasteiger partial charge in [-0.25, -0.2) is 9.97 Å². The molecule has 0 aliphatic carbocycles. The van der Waals surface area contributed by atoms with Crippen LogP contribution in [0.15, 0.2) is 73.3 Å². The lowest BCUT2D eigenvalue weighted by molar-refractivity contribution is 0.0997. The molecule has 7 rings (SSSR count). The van der Waals surface area contributed by atoms with Crippen LogP contribution in [0.3, 0.4) is 0 Å².